The lowest BCUT2D eigenvalue weighted by Crippen LogP contribution is -2.52. The van der Waals surface area contributed by atoms with Crippen LogP contribution in [0.1, 0.15) is 32.8 Å². The van der Waals surface area contributed by atoms with Crippen LogP contribution in [0.25, 0.3) is 0 Å². The smallest absolute Gasteiger partial charge is 0.317 e. The van der Waals surface area contributed by atoms with Gasteiger partial charge in [-0.25, -0.2) is 4.79 Å². The highest BCUT2D eigenvalue weighted by Gasteiger charge is 2.21. The third-order valence-corrected chi connectivity index (χ3v) is 4.12. The Bertz CT molecular complexity index is 494. The second kappa shape index (κ2) is 9.52. The van der Waals surface area contributed by atoms with Crippen molar-refractivity contribution in [3.8, 4) is 5.75 Å². The lowest BCUT2D eigenvalue weighted by atomic mass is 10.2. The van der Waals surface area contributed by atoms with Crippen molar-refractivity contribution in [1.82, 2.24) is 15.1 Å². The fourth-order valence-electron chi connectivity index (χ4n) is 2.86. The van der Waals surface area contributed by atoms with Gasteiger partial charge in [-0.1, -0.05) is 32.9 Å². The summed E-state index contributed by atoms with van der Waals surface area (Å²) in [5, 5.41) is 3.01. The minimum Gasteiger partial charge on any atom is -0.494 e. The molecular formula is C19H31N3O2. The largest absolute Gasteiger partial charge is 0.494 e. The van der Waals surface area contributed by atoms with Crippen molar-refractivity contribution in [2.75, 3.05) is 39.3 Å². The summed E-state index contributed by atoms with van der Waals surface area (Å²) >= 11 is 0. The van der Waals surface area contributed by atoms with E-state index in [0.717, 1.165) is 57.1 Å². The van der Waals surface area contributed by atoms with Crippen molar-refractivity contribution in [3.63, 3.8) is 0 Å². The van der Waals surface area contributed by atoms with E-state index in [0.29, 0.717) is 12.5 Å². The van der Waals surface area contributed by atoms with Crippen LogP contribution in [0.5, 0.6) is 5.75 Å². The molecule has 1 aromatic rings. The van der Waals surface area contributed by atoms with Gasteiger partial charge in [-0.15, -0.1) is 0 Å². The summed E-state index contributed by atoms with van der Waals surface area (Å²) in [5.74, 6) is 1.56. The van der Waals surface area contributed by atoms with Gasteiger partial charge in [0.15, 0.2) is 0 Å². The summed E-state index contributed by atoms with van der Waals surface area (Å²) in [5.41, 5.74) is 1.09. The topological polar surface area (TPSA) is 44.8 Å². The van der Waals surface area contributed by atoms with Gasteiger partial charge in [-0.05, 0) is 30.0 Å². The Morgan fingerprint density at radius 2 is 1.83 bits per heavy atom. The normalized spacial score (nSPS) is 15.6. The Morgan fingerprint density at radius 1 is 1.17 bits per heavy atom. The van der Waals surface area contributed by atoms with Crippen molar-refractivity contribution in [1.29, 1.82) is 0 Å². The number of rotatable bonds is 7. The SMILES string of the molecule is CCCOc1ccc(CNC(=O)N2CCN(CC(C)C)CC2)cc1. The predicted octanol–water partition coefficient (Wildman–Crippen LogP) is 2.96. The fraction of sp³-hybridized carbons (Fsp3) is 0.632. The number of piperazine rings is 1. The Kier molecular flexibility index (Phi) is 7.37. The standard InChI is InChI=1S/C19H31N3O2/c1-4-13-24-18-7-5-17(6-8-18)14-20-19(23)22-11-9-21(10-12-22)15-16(2)3/h5-8,16H,4,9-15H2,1-3H3,(H,20,23). The fourth-order valence-corrected chi connectivity index (χ4v) is 2.86. The van der Waals surface area contributed by atoms with E-state index >= 15 is 0 Å². The van der Waals surface area contributed by atoms with Crippen LogP contribution in [0.3, 0.4) is 0 Å². The number of hydrogen-bond donors (Lipinski definition) is 1. The van der Waals surface area contributed by atoms with Crippen molar-refractivity contribution in [3.05, 3.63) is 29.8 Å². The molecule has 1 heterocycles. The molecule has 1 aliphatic rings. The highest BCUT2D eigenvalue weighted by Crippen LogP contribution is 2.12. The number of carbonyl (C=O) groups excluding carboxylic acids is 1. The number of benzene rings is 1. The molecule has 1 saturated heterocycles. The highest BCUT2D eigenvalue weighted by molar-refractivity contribution is 5.74. The maximum atomic E-state index is 12.3. The molecule has 0 spiro atoms. The van der Waals surface area contributed by atoms with E-state index in [2.05, 4.69) is 31.0 Å². The quantitative estimate of drug-likeness (QED) is 0.834. The second-order valence-corrected chi connectivity index (χ2v) is 6.83. The maximum Gasteiger partial charge on any atom is 0.317 e. The summed E-state index contributed by atoms with van der Waals surface area (Å²) in [6.45, 7) is 12.5. The molecule has 24 heavy (non-hydrogen) atoms. The van der Waals surface area contributed by atoms with E-state index in [1.807, 2.05) is 29.2 Å². The number of carbonyl (C=O) groups is 1. The molecule has 0 saturated carbocycles. The van der Waals surface area contributed by atoms with Gasteiger partial charge in [0.1, 0.15) is 5.75 Å². The molecule has 1 N–H and O–H groups in total. The average Bonchev–Trinajstić information content (AvgIpc) is 2.59. The van der Waals surface area contributed by atoms with Gasteiger partial charge in [0.2, 0.25) is 0 Å². The third kappa shape index (κ3) is 6.04. The van der Waals surface area contributed by atoms with Crippen LogP contribution < -0.4 is 10.1 Å². The molecule has 2 amide bonds. The molecule has 2 rings (SSSR count). The predicted molar refractivity (Wildman–Crippen MR) is 97.3 cm³/mol. The third-order valence-electron chi connectivity index (χ3n) is 4.12. The zero-order valence-electron chi connectivity index (χ0n) is 15.3. The molecule has 0 atom stereocenters. The zero-order chi connectivity index (χ0) is 17.4. The average molecular weight is 333 g/mol. The number of hydrogen-bond acceptors (Lipinski definition) is 3. The summed E-state index contributed by atoms with van der Waals surface area (Å²) in [6, 6.07) is 7.96. The van der Waals surface area contributed by atoms with Crippen molar-refractivity contribution in [2.24, 2.45) is 5.92 Å². The molecule has 134 valence electrons. The lowest BCUT2D eigenvalue weighted by molar-refractivity contribution is 0.131. The zero-order valence-corrected chi connectivity index (χ0v) is 15.3. The van der Waals surface area contributed by atoms with Crippen molar-refractivity contribution < 1.29 is 9.53 Å². The molecule has 0 radical (unpaired) electrons. The van der Waals surface area contributed by atoms with E-state index in [4.69, 9.17) is 4.74 Å². The van der Waals surface area contributed by atoms with Gasteiger partial charge in [-0.3, -0.25) is 4.90 Å². The first-order valence-corrected chi connectivity index (χ1v) is 9.05. The molecular weight excluding hydrogens is 302 g/mol. The molecule has 5 nitrogen and oxygen atoms in total. The van der Waals surface area contributed by atoms with Gasteiger partial charge in [0.05, 0.1) is 6.61 Å². The van der Waals surface area contributed by atoms with Gasteiger partial charge in [0, 0.05) is 39.3 Å². The van der Waals surface area contributed by atoms with E-state index in [-0.39, 0.29) is 6.03 Å². The van der Waals surface area contributed by atoms with E-state index in [9.17, 15) is 4.79 Å². The summed E-state index contributed by atoms with van der Waals surface area (Å²) in [4.78, 5) is 16.6. The van der Waals surface area contributed by atoms with E-state index in [1.54, 1.807) is 0 Å². The first-order chi connectivity index (χ1) is 11.6. The van der Waals surface area contributed by atoms with Gasteiger partial charge in [-0.2, -0.15) is 0 Å². The number of amides is 2. The van der Waals surface area contributed by atoms with Gasteiger partial charge in [0.25, 0.3) is 0 Å². The number of ether oxygens (including phenoxy) is 1. The van der Waals surface area contributed by atoms with Crippen LogP contribution in [0, 0.1) is 5.92 Å². The number of urea groups is 1. The minimum atomic E-state index is 0.0329. The van der Waals surface area contributed by atoms with Crippen LogP contribution in [-0.4, -0.2) is 55.2 Å². The Morgan fingerprint density at radius 3 is 2.42 bits per heavy atom. The van der Waals surface area contributed by atoms with Crippen LogP contribution in [-0.2, 0) is 6.54 Å². The van der Waals surface area contributed by atoms with Crippen LogP contribution in [0.4, 0.5) is 4.79 Å². The Labute approximate surface area is 146 Å². The van der Waals surface area contributed by atoms with Gasteiger partial charge >= 0.3 is 6.03 Å². The van der Waals surface area contributed by atoms with Crippen LogP contribution in [0.15, 0.2) is 24.3 Å². The van der Waals surface area contributed by atoms with Crippen molar-refractivity contribution >= 4 is 6.03 Å². The monoisotopic (exact) mass is 333 g/mol. The maximum absolute atomic E-state index is 12.3. The molecule has 0 aromatic heterocycles. The van der Waals surface area contributed by atoms with Crippen molar-refractivity contribution in [2.45, 2.75) is 33.7 Å². The Hall–Kier alpha value is -1.75. The second-order valence-electron chi connectivity index (χ2n) is 6.83. The number of nitrogens with zero attached hydrogens (tertiary/aromatic N) is 2. The molecule has 5 heteroatoms. The van der Waals surface area contributed by atoms with Crippen LogP contribution >= 0.6 is 0 Å². The molecule has 0 aliphatic carbocycles. The molecule has 0 bridgehead atoms. The van der Waals surface area contributed by atoms with Gasteiger partial charge < -0.3 is 15.0 Å². The summed E-state index contributed by atoms with van der Waals surface area (Å²) in [6.07, 6.45) is 1.00. The van der Waals surface area contributed by atoms with Crippen LogP contribution in [0.2, 0.25) is 0 Å². The summed E-state index contributed by atoms with van der Waals surface area (Å²) < 4.78 is 5.57. The summed E-state index contributed by atoms with van der Waals surface area (Å²) in [7, 11) is 0. The first-order valence-electron chi connectivity index (χ1n) is 9.05. The lowest BCUT2D eigenvalue weighted by Gasteiger charge is -2.35. The minimum absolute atomic E-state index is 0.0329. The van der Waals surface area contributed by atoms with E-state index < -0.39 is 0 Å². The first kappa shape index (κ1) is 18.6. The molecule has 1 fully saturated rings. The molecule has 1 aliphatic heterocycles. The highest BCUT2D eigenvalue weighted by atomic mass is 16.5. The van der Waals surface area contributed by atoms with E-state index in [1.165, 1.54) is 0 Å². The molecule has 1 aromatic carbocycles. The molecule has 0 unspecified atom stereocenters. The Balaban J connectivity index is 1.71. The number of nitrogens with one attached hydrogen (secondary N) is 1.